The molecule has 3 aromatic carbocycles. The molecule has 0 saturated carbocycles. The van der Waals surface area contributed by atoms with Gasteiger partial charge in [0.1, 0.15) is 17.2 Å². The van der Waals surface area contributed by atoms with E-state index in [0.29, 0.717) is 17.2 Å². The van der Waals surface area contributed by atoms with Gasteiger partial charge in [-0.2, -0.15) is 26.3 Å². The third kappa shape index (κ3) is 4.35. The average molecular weight is 488 g/mol. The smallest absolute Gasteiger partial charge is 0.386 e. The molecule has 4 aromatic rings. The Kier molecular flexibility index (Phi) is 5.52. The Morgan fingerprint density at radius 3 is 2.15 bits per heavy atom. The van der Waals surface area contributed by atoms with E-state index in [2.05, 4.69) is 15.3 Å². The van der Waals surface area contributed by atoms with Crippen molar-refractivity contribution in [3.05, 3.63) is 70.5 Å². The van der Waals surface area contributed by atoms with Crippen molar-refractivity contribution in [1.82, 2.24) is 9.97 Å². The number of imidazole rings is 1. The lowest BCUT2D eigenvalue weighted by Gasteiger charge is -2.11. The Balaban J connectivity index is 1.81. The third-order valence-corrected chi connectivity index (χ3v) is 5.32. The van der Waals surface area contributed by atoms with Gasteiger partial charge in [0.2, 0.25) is 0 Å². The van der Waals surface area contributed by atoms with Crippen molar-refractivity contribution in [3.8, 4) is 22.5 Å². The Morgan fingerprint density at radius 2 is 1.58 bits per heavy atom. The largest absolute Gasteiger partial charge is 0.418 e. The van der Waals surface area contributed by atoms with Crippen LogP contribution in [0.1, 0.15) is 11.1 Å². The number of benzene rings is 3. The number of halogens is 8. The van der Waals surface area contributed by atoms with Crippen LogP contribution >= 0.6 is 11.6 Å². The number of hydrogen-bond acceptors (Lipinski definition) is 2. The first kappa shape index (κ1) is 22.9. The highest BCUT2D eigenvalue weighted by Crippen LogP contribution is 2.40. The number of fused-ring (bicyclic) bond motifs is 1. The number of nitrogens with zero attached hydrogens (tertiary/aromatic N) is 1. The molecule has 0 unspecified atom stereocenters. The summed E-state index contributed by atoms with van der Waals surface area (Å²) in [7, 11) is 1.56. The van der Waals surface area contributed by atoms with Crippen LogP contribution in [0.5, 0.6) is 0 Å². The number of aromatic amines is 1. The minimum absolute atomic E-state index is 0.0341. The average Bonchev–Trinajstić information content (AvgIpc) is 3.15. The summed E-state index contributed by atoms with van der Waals surface area (Å²) in [6, 6.07) is 9.40. The molecule has 0 fully saturated rings. The van der Waals surface area contributed by atoms with Gasteiger partial charge in [0.15, 0.2) is 0 Å². The Bertz CT molecular complexity index is 1360. The van der Waals surface area contributed by atoms with Gasteiger partial charge in [-0.3, -0.25) is 0 Å². The number of hydrogen-bond donors (Lipinski definition) is 2. The van der Waals surface area contributed by atoms with Crippen LogP contribution in [0, 0.1) is 5.82 Å². The number of H-pyrrole nitrogens is 1. The SMILES string of the molecule is CNc1ccc(-c2ccc(-c3nc4c(C(F)(F)F)cc(C(F)(F)F)cc4[nH]3)cc2Cl)cc1F. The normalized spacial score (nSPS) is 12.4. The molecule has 0 aliphatic rings. The molecule has 0 aliphatic heterocycles. The zero-order chi connectivity index (χ0) is 24.1. The van der Waals surface area contributed by atoms with Crippen molar-refractivity contribution in [3.63, 3.8) is 0 Å². The highest BCUT2D eigenvalue weighted by atomic mass is 35.5. The van der Waals surface area contributed by atoms with E-state index in [-0.39, 0.29) is 28.2 Å². The van der Waals surface area contributed by atoms with Crippen molar-refractivity contribution in [2.24, 2.45) is 0 Å². The predicted molar refractivity (Wildman–Crippen MR) is 111 cm³/mol. The van der Waals surface area contributed by atoms with Gasteiger partial charge >= 0.3 is 12.4 Å². The minimum Gasteiger partial charge on any atom is -0.386 e. The maximum atomic E-state index is 14.1. The van der Waals surface area contributed by atoms with E-state index < -0.39 is 40.3 Å². The fraction of sp³-hybridized carbons (Fsp3) is 0.136. The van der Waals surface area contributed by atoms with E-state index in [1.54, 1.807) is 13.1 Å². The van der Waals surface area contributed by atoms with Crippen molar-refractivity contribution >= 4 is 28.3 Å². The van der Waals surface area contributed by atoms with E-state index in [1.165, 1.54) is 30.3 Å². The molecule has 0 amide bonds. The second-order valence-electron chi connectivity index (χ2n) is 7.14. The standard InChI is InChI=1S/C22H13ClF7N3/c1-31-17-5-3-10(7-16(17)24)13-4-2-11(6-15(13)23)20-32-18-9-12(21(25,26)27)8-14(19(18)33-20)22(28,29)30/h2-9,31H,1H3,(H,32,33). The molecular formula is C22H13ClF7N3. The van der Waals surface area contributed by atoms with Gasteiger partial charge in [-0.15, -0.1) is 0 Å². The summed E-state index contributed by atoms with van der Waals surface area (Å²) in [6.45, 7) is 0. The Labute approximate surface area is 187 Å². The maximum Gasteiger partial charge on any atom is 0.418 e. The van der Waals surface area contributed by atoms with Crippen LogP contribution in [0.15, 0.2) is 48.5 Å². The van der Waals surface area contributed by atoms with Crippen LogP contribution in [-0.2, 0) is 12.4 Å². The molecule has 1 heterocycles. The van der Waals surface area contributed by atoms with Crippen LogP contribution in [0.25, 0.3) is 33.5 Å². The molecular weight excluding hydrogens is 475 g/mol. The quantitative estimate of drug-likeness (QED) is 0.290. The third-order valence-electron chi connectivity index (χ3n) is 5.01. The van der Waals surface area contributed by atoms with Crippen molar-refractivity contribution in [1.29, 1.82) is 0 Å². The van der Waals surface area contributed by atoms with E-state index in [0.717, 1.165) is 0 Å². The summed E-state index contributed by atoms with van der Waals surface area (Å²) in [5, 5.41) is 2.84. The van der Waals surface area contributed by atoms with Crippen molar-refractivity contribution in [2.75, 3.05) is 12.4 Å². The highest BCUT2D eigenvalue weighted by molar-refractivity contribution is 6.33. The second-order valence-corrected chi connectivity index (χ2v) is 7.55. The fourth-order valence-electron chi connectivity index (χ4n) is 3.42. The van der Waals surface area contributed by atoms with Gasteiger partial charge in [-0.25, -0.2) is 9.37 Å². The molecule has 0 spiro atoms. The monoisotopic (exact) mass is 487 g/mol. The van der Waals surface area contributed by atoms with Crippen LogP contribution in [0.2, 0.25) is 5.02 Å². The first-order valence-corrected chi connectivity index (χ1v) is 9.72. The first-order chi connectivity index (χ1) is 15.4. The second kappa shape index (κ2) is 7.95. The number of aromatic nitrogens is 2. The van der Waals surface area contributed by atoms with E-state index in [9.17, 15) is 30.7 Å². The van der Waals surface area contributed by atoms with E-state index >= 15 is 0 Å². The molecule has 33 heavy (non-hydrogen) atoms. The van der Waals surface area contributed by atoms with E-state index in [4.69, 9.17) is 11.6 Å². The van der Waals surface area contributed by atoms with Crippen molar-refractivity contribution in [2.45, 2.75) is 12.4 Å². The van der Waals surface area contributed by atoms with Gasteiger partial charge in [-0.1, -0.05) is 29.8 Å². The molecule has 0 radical (unpaired) electrons. The molecule has 172 valence electrons. The molecule has 2 N–H and O–H groups in total. The van der Waals surface area contributed by atoms with Crippen LogP contribution in [0.4, 0.5) is 36.4 Å². The predicted octanol–water partition coefficient (Wildman–Crippen LogP) is 7.77. The Hall–Kier alpha value is -3.27. The molecule has 0 atom stereocenters. The van der Waals surface area contributed by atoms with Crippen LogP contribution < -0.4 is 5.32 Å². The summed E-state index contributed by atoms with van der Waals surface area (Å²) in [5.74, 6) is -0.604. The Morgan fingerprint density at radius 1 is 0.879 bits per heavy atom. The number of alkyl halides is 6. The maximum absolute atomic E-state index is 14.1. The summed E-state index contributed by atoms with van der Waals surface area (Å²) in [4.78, 5) is 6.39. The fourth-order valence-corrected chi connectivity index (χ4v) is 3.71. The van der Waals surface area contributed by atoms with Gasteiger partial charge in [0.05, 0.1) is 22.3 Å². The molecule has 0 saturated heterocycles. The molecule has 4 rings (SSSR count). The summed E-state index contributed by atoms with van der Waals surface area (Å²) < 4.78 is 93.6. The lowest BCUT2D eigenvalue weighted by molar-refractivity contribution is -0.142. The molecule has 1 aromatic heterocycles. The van der Waals surface area contributed by atoms with Gasteiger partial charge in [-0.05, 0) is 35.9 Å². The topological polar surface area (TPSA) is 40.7 Å². The molecule has 11 heteroatoms. The zero-order valence-corrected chi connectivity index (χ0v) is 17.3. The highest BCUT2D eigenvalue weighted by Gasteiger charge is 2.39. The van der Waals surface area contributed by atoms with Gasteiger partial charge in [0.25, 0.3) is 0 Å². The number of anilines is 1. The van der Waals surface area contributed by atoms with Gasteiger partial charge in [0, 0.05) is 23.2 Å². The summed E-state index contributed by atoms with van der Waals surface area (Å²) in [5.41, 5.74) is -2.57. The first-order valence-electron chi connectivity index (χ1n) is 9.34. The molecule has 0 bridgehead atoms. The lowest BCUT2D eigenvalue weighted by atomic mass is 10.0. The zero-order valence-electron chi connectivity index (χ0n) is 16.6. The molecule has 0 aliphatic carbocycles. The van der Waals surface area contributed by atoms with Crippen molar-refractivity contribution < 1.29 is 30.7 Å². The molecule has 3 nitrogen and oxygen atoms in total. The summed E-state index contributed by atoms with van der Waals surface area (Å²) >= 11 is 6.32. The van der Waals surface area contributed by atoms with Gasteiger partial charge < -0.3 is 10.3 Å². The lowest BCUT2D eigenvalue weighted by Crippen LogP contribution is -2.11. The van der Waals surface area contributed by atoms with Crippen LogP contribution in [-0.4, -0.2) is 17.0 Å². The number of nitrogens with one attached hydrogen (secondary N) is 2. The minimum atomic E-state index is -5.04. The number of rotatable bonds is 3. The van der Waals surface area contributed by atoms with E-state index in [1.807, 2.05) is 0 Å². The van der Waals surface area contributed by atoms with Crippen LogP contribution in [0.3, 0.4) is 0 Å². The summed E-state index contributed by atoms with van der Waals surface area (Å²) in [6.07, 6.45) is -10.0.